The van der Waals surface area contributed by atoms with Gasteiger partial charge in [0.15, 0.2) is 5.65 Å². The number of benzene rings is 2. The Morgan fingerprint density at radius 2 is 1.55 bits per heavy atom. The van der Waals surface area contributed by atoms with Crippen LogP contribution in [-0.2, 0) is 11.2 Å². The van der Waals surface area contributed by atoms with E-state index in [1.165, 1.54) is 4.52 Å². The van der Waals surface area contributed by atoms with Crippen LogP contribution < -0.4 is 5.32 Å². The summed E-state index contributed by atoms with van der Waals surface area (Å²) in [6.07, 6.45) is 3.32. The zero-order valence-corrected chi connectivity index (χ0v) is 16.3. The molecule has 0 spiro atoms. The molecule has 2 aromatic heterocycles. The van der Waals surface area contributed by atoms with E-state index >= 15 is 0 Å². The van der Waals surface area contributed by atoms with Crippen LogP contribution in [0.15, 0.2) is 79.1 Å². The molecular formula is C23H17N5O3. The highest BCUT2D eigenvalue weighted by Crippen LogP contribution is 2.26. The molecule has 8 nitrogen and oxygen atoms in total. The number of carbonyl (C=O) groups is 3. The van der Waals surface area contributed by atoms with Gasteiger partial charge >= 0.3 is 0 Å². The molecule has 2 aromatic carbocycles. The van der Waals surface area contributed by atoms with E-state index in [2.05, 4.69) is 15.4 Å². The van der Waals surface area contributed by atoms with Gasteiger partial charge in [0.1, 0.15) is 11.9 Å². The fraction of sp³-hybridized carbons (Fsp3) is 0.0870. The number of aromatic nitrogens is 3. The second kappa shape index (κ2) is 7.49. The molecule has 31 heavy (non-hydrogen) atoms. The lowest BCUT2D eigenvalue weighted by atomic mass is 10.0. The van der Waals surface area contributed by atoms with Crippen LogP contribution in [0.25, 0.3) is 5.65 Å². The van der Waals surface area contributed by atoms with Gasteiger partial charge in [-0.15, -0.1) is 0 Å². The number of amides is 3. The Balaban J connectivity index is 1.52. The molecular weight excluding hydrogens is 394 g/mol. The molecule has 0 saturated heterocycles. The minimum absolute atomic E-state index is 0.186. The van der Waals surface area contributed by atoms with E-state index in [-0.39, 0.29) is 6.42 Å². The number of fused-ring (bicyclic) bond motifs is 2. The van der Waals surface area contributed by atoms with Crippen LogP contribution in [0, 0.1) is 0 Å². The number of hydrogen-bond acceptors (Lipinski definition) is 5. The maximum Gasteiger partial charge on any atom is 0.262 e. The van der Waals surface area contributed by atoms with E-state index in [4.69, 9.17) is 0 Å². The minimum Gasteiger partial charge on any atom is -0.309 e. The van der Waals surface area contributed by atoms with Crippen LogP contribution in [0.1, 0.15) is 26.3 Å². The molecule has 5 rings (SSSR count). The van der Waals surface area contributed by atoms with Crippen molar-refractivity contribution in [3.8, 4) is 0 Å². The molecule has 152 valence electrons. The summed E-state index contributed by atoms with van der Waals surface area (Å²) < 4.78 is 1.49. The summed E-state index contributed by atoms with van der Waals surface area (Å²) in [4.78, 5) is 44.8. The van der Waals surface area contributed by atoms with Crippen molar-refractivity contribution in [2.45, 2.75) is 12.5 Å². The molecule has 0 fully saturated rings. The maximum absolute atomic E-state index is 13.4. The first-order valence-electron chi connectivity index (χ1n) is 9.74. The lowest BCUT2D eigenvalue weighted by Gasteiger charge is -2.25. The number of rotatable bonds is 5. The molecule has 1 aliphatic heterocycles. The zero-order valence-electron chi connectivity index (χ0n) is 16.3. The second-order valence-corrected chi connectivity index (χ2v) is 7.15. The standard InChI is InChI=1S/C23H17N5O3/c29-21(26-20-10-12-24-19-11-13-25-28(19)20)18(14-15-6-2-1-3-7-15)27-22(30)16-8-4-5-9-17(16)23(27)31/h1-13,18H,14H2,(H,26,29). The van der Waals surface area contributed by atoms with E-state index in [9.17, 15) is 14.4 Å². The normalized spacial score (nSPS) is 14.0. The van der Waals surface area contributed by atoms with Gasteiger partial charge in [-0.1, -0.05) is 42.5 Å². The van der Waals surface area contributed by atoms with Crippen LogP contribution in [0.3, 0.4) is 0 Å². The third-order valence-corrected chi connectivity index (χ3v) is 5.25. The van der Waals surface area contributed by atoms with Gasteiger partial charge in [0, 0.05) is 18.7 Å². The SMILES string of the molecule is O=C(Nc1ccnc2ccnn12)C(Cc1ccccc1)N1C(=O)c2ccccc2C1=O. The first kappa shape index (κ1) is 18.7. The monoisotopic (exact) mass is 411 g/mol. The van der Waals surface area contributed by atoms with Crippen LogP contribution in [0.4, 0.5) is 5.82 Å². The van der Waals surface area contributed by atoms with Crippen LogP contribution in [-0.4, -0.2) is 43.3 Å². The highest BCUT2D eigenvalue weighted by Gasteiger charge is 2.42. The fourth-order valence-electron chi connectivity index (χ4n) is 3.77. The van der Waals surface area contributed by atoms with Crippen molar-refractivity contribution in [3.05, 3.63) is 95.8 Å². The van der Waals surface area contributed by atoms with Crippen molar-refractivity contribution in [2.75, 3.05) is 5.32 Å². The highest BCUT2D eigenvalue weighted by molar-refractivity contribution is 6.23. The molecule has 0 aliphatic carbocycles. The van der Waals surface area contributed by atoms with Crippen LogP contribution in [0.2, 0.25) is 0 Å². The molecule has 1 atom stereocenters. The quantitative estimate of drug-likeness (QED) is 0.509. The van der Waals surface area contributed by atoms with Crippen molar-refractivity contribution in [1.82, 2.24) is 19.5 Å². The van der Waals surface area contributed by atoms with Gasteiger partial charge in [-0.3, -0.25) is 19.3 Å². The first-order chi connectivity index (χ1) is 15.1. The highest BCUT2D eigenvalue weighted by atomic mass is 16.2. The maximum atomic E-state index is 13.4. The van der Waals surface area contributed by atoms with Crippen LogP contribution >= 0.6 is 0 Å². The molecule has 3 heterocycles. The van der Waals surface area contributed by atoms with E-state index in [0.717, 1.165) is 10.5 Å². The predicted octanol–water partition coefficient (Wildman–Crippen LogP) is 2.58. The lowest BCUT2D eigenvalue weighted by molar-refractivity contribution is -0.120. The molecule has 1 N–H and O–H groups in total. The summed E-state index contributed by atoms with van der Waals surface area (Å²) in [6.45, 7) is 0. The number of carbonyl (C=O) groups excluding carboxylic acids is 3. The van der Waals surface area contributed by atoms with Crippen molar-refractivity contribution in [3.63, 3.8) is 0 Å². The Hall–Kier alpha value is -4.33. The summed E-state index contributed by atoms with van der Waals surface area (Å²) in [5, 5.41) is 6.98. The van der Waals surface area contributed by atoms with Gasteiger partial charge in [-0.05, 0) is 23.8 Å². The number of anilines is 1. The summed E-state index contributed by atoms with van der Waals surface area (Å²) in [5.74, 6) is -1.04. The first-order valence-corrected chi connectivity index (χ1v) is 9.74. The van der Waals surface area contributed by atoms with Crippen LogP contribution in [0.5, 0.6) is 0 Å². The van der Waals surface area contributed by atoms with E-state index < -0.39 is 23.8 Å². The third kappa shape index (κ3) is 3.24. The third-order valence-electron chi connectivity index (χ3n) is 5.25. The Kier molecular flexibility index (Phi) is 4.51. The van der Waals surface area contributed by atoms with Gasteiger partial charge in [0.2, 0.25) is 5.91 Å². The summed E-state index contributed by atoms with van der Waals surface area (Å²) >= 11 is 0. The van der Waals surface area contributed by atoms with Gasteiger partial charge in [-0.2, -0.15) is 9.61 Å². The Bertz CT molecular complexity index is 1280. The molecule has 1 aliphatic rings. The van der Waals surface area contributed by atoms with Gasteiger partial charge in [0.25, 0.3) is 11.8 Å². The average Bonchev–Trinajstić information content (AvgIpc) is 3.37. The van der Waals surface area contributed by atoms with E-state index in [1.54, 1.807) is 48.8 Å². The number of nitrogens with zero attached hydrogens (tertiary/aromatic N) is 4. The zero-order chi connectivity index (χ0) is 21.4. The van der Waals surface area contributed by atoms with E-state index in [1.807, 2.05) is 30.3 Å². The summed E-state index contributed by atoms with van der Waals surface area (Å²) in [7, 11) is 0. The minimum atomic E-state index is -1.03. The van der Waals surface area contributed by atoms with Crippen molar-refractivity contribution in [1.29, 1.82) is 0 Å². The lowest BCUT2D eigenvalue weighted by Crippen LogP contribution is -2.48. The molecule has 8 heteroatoms. The number of nitrogens with one attached hydrogen (secondary N) is 1. The summed E-state index contributed by atoms with van der Waals surface area (Å²) in [5.41, 5.74) is 2.00. The van der Waals surface area contributed by atoms with Gasteiger partial charge in [0.05, 0.1) is 17.3 Å². The van der Waals surface area contributed by atoms with Gasteiger partial charge < -0.3 is 5.32 Å². The number of imide groups is 1. The van der Waals surface area contributed by atoms with Gasteiger partial charge in [-0.25, -0.2) is 4.98 Å². The molecule has 4 aromatic rings. The summed E-state index contributed by atoms with van der Waals surface area (Å²) in [6, 6.07) is 18.2. The molecule has 0 radical (unpaired) electrons. The molecule has 3 amide bonds. The predicted molar refractivity (Wildman–Crippen MR) is 112 cm³/mol. The Morgan fingerprint density at radius 3 is 2.26 bits per heavy atom. The molecule has 1 unspecified atom stereocenters. The topological polar surface area (TPSA) is 96.7 Å². The smallest absolute Gasteiger partial charge is 0.262 e. The number of hydrogen-bond donors (Lipinski definition) is 1. The second-order valence-electron chi connectivity index (χ2n) is 7.15. The Labute approximate surface area is 177 Å². The fourth-order valence-corrected chi connectivity index (χ4v) is 3.77. The van der Waals surface area contributed by atoms with Crippen molar-refractivity contribution >= 4 is 29.2 Å². The van der Waals surface area contributed by atoms with Crippen molar-refractivity contribution < 1.29 is 14.4 Å². The Morgan fingerprint density at radius 1 is 0.871 bits per heavy atom. The molecule has 0 bridgehead atoms. The largest absolute Gasteiger partial charge is 0.309 e. The molecule has 0 saturated carbocycles. The van der Waals surface area contributed by atoms with E-state index in [0.29, 0.717) is 22.6 Å². The van der Waals surface area contributed by atoms with Crippen molar-refractivity contribution in [2.24, 2.45) is 0 Å². The average molecular weight is 411 g/mol.